The molecule has 0 fully saturated rings. The maximum Gasteiger partial charge on any atom is 0.319 e. The van der Waals surface area contributed by atoms with Gasteiger partial charge in [-0.15, -0.1) is 0 Å². The highest BCUT2D eigenvalue weighted by Gasteiger charge is 2.24. The number of carbonyl (C=O) groups is 2. The average Bonchev–Trinajstić information content (AvgIpc) is 3.04. The minimum Gasteiger partial charge on any atom is -0.467 e. The summed E-state index contributed by atoms with van der Waals surface area (Å²) in [7, 11) is 0. The summed E-state index contributed by atoms with van der Waals surface area (Å²) in [6.45, 7) is 4.04. The van der Waals surface area contributed by atoms with Gasteiger partial charge in [0.25, 0.3) is 0 Å². The van der Waals surface area contributed by atoms with Crippen LogP contribution in [0.25, 0.3) is 0 Å². The van der Waals surface area contributed by atoms with Crippen LogP contribution in [0.3, 0.4) is 0 Å². The zero-order valence-corrected chi connectivity index (χ0v) is 13.2. The second-order valence-electron chi connectivity index (χ2n) is 5.48. The second kappa shape index (κ2) is 8.03. The van der Waals surface area contributed by atoms with E-state index in [1.165, 1.54) is 0 Å². The molecule has 2 rings (SSSR count). The van der Waals surface area contributed by atoms with Gasteiger partial charge in [-0.05, 0) is 30.2 Å². The quantitative estimate of drug-likeness (QED) is 0.766. The predicted molar refractivity (Wildman–Crippen MR) is 87.8 cm³/mol. The van der Waals surface area contributed by atoms with E-state index in [-0.39, 0.29) is 18.4 Å². The summed E-state index contributed by atoms with van der Waals surface area (Å²) < 4.78 is 5.17. The topological polar surface area (TPSA) is 83.4 Å². The van der Waals surface area contributed by atoms with Crippen LogP contribution >= 0.6 is 0 Å². The fourth-order valence-corrected chi connectivity index (χ4v) is 2.06. The van der Waals surface area contributed by atoms with E-state index in [9.17, 15) is 9.59 Å². The molecule has 0 saturated heterocycles. The molecule has 0 saturated carbocycles. The number of amides is 3. The normalized spacial score (nSPS) is 11.8. The van der Waals surface area contributed by atoms with Gasteiger partial charge in [0.05, 0.1) is 12.8 Å². The van der Waals surface area contributed by atoms with Crippen molar-refractivity contribution < 1.29 is 14.0 Å². The molecule has 0 aliphatic rings. The van der Waals surface area contributed by atoms with Crippen LogP contribution in [-0.2, 0) is 11.3 Å². The summed E-state index contributed by atoms with van der Waals surface area (Å²) in [5.41, 5.74) is 0.670. The van der Waals surface area contributed by atoms with E-state index in [4.69, 9.17) is 4.42 Å². The number of anilines is 1. The monoisotopic (exact) mass is 315 g/mol. The minimum absolute atomic E-state index is 0.0480. The molecular formula is C17H21N3O3. The molecule has 1 atom stereocenters. The van der Waals surface area contributed by atoms with Crippen molar-refractivity contribution in [2.24, 2.45) is 5.92 Å². The number of benzene rings is 1. The van der Waals surface area contributed by atoms with Crippen molar-refractivity contribution in [3.63, 3.8) is 0 Å². The number of hydrogen-bond donors (Lipinski definition) is 3. The van der Waals surface area contributed by atoms with Crippen molar-refractivity contribution in [2.75, 3.05) is 5.32 Å². The first kappa shape index (κ1) is 16.6. The molecule has 1 heterocycles. The first-order valence-electron chi connectivity index (χ1n) is 7.49. The van der Waals surface area contributed by atoms with Crippen molar-refractivity contribution in [1.29, 1.82) is 0 Å². The lowest BCUT2D eigenvalue weighted by Gasteiger charge is -2.21. The van der Waals surface area contributed by atoms with E-state index in [1.54, 1.807) is 30.5 Å². The van der Waals surface area contributed by atoms with Crippen LogP contribution in [0.15, 0.2) is 53.1 Å². The molecule has 0 aliphatic heterocycles. The third-order valence-corrected chi connectivity index (χ3v) is 3.28. The summed E-state index contributed by atoms with van der Waals surface area (Å²) in [6.07, 6.45) is 1.55. The van der Waals surface area contributed by atoms with Gasteiger partial charge >= 0.3 is 6.03 Å². The molecule has 0 unspecified atom stereocenters. The van der Waals surface area contributed by atoms with Crippen molar-refractivity contribution in [2.45, 2.75) is 26.4 Å². The molecule has 122 valence electrons. The van der Waals surface area contributed by atoms with Crippen LogP contribution in [0.1, 0.15) is 19.6 Å². The van der Waals surface area contributed by atoms with Gasteiger partial charge in [0.1, 0.15) is 11.8 Å². The number of hydrogen-bond acceptors (Lipinski definition) is 3. The summed E-state index contributed by atoms with van der Waals surface area (Å²) in [6, 6.07) is 11.6. The second-order valence-corrected chi connectivity index (χ2v) is 5.48. The Kier molecular flexibility index (Phi) is 5.80. The zero-order valence-electron chi connectivity index (χ0n) is 13.2. The highest BCUT2D eigenvalue weighted by molar-refractivity contribution is 5.93. The van der Waals surface area contributed by atoms with E-state index in [1.807, 2.05) is 32.0 Å². The van der Waals surface area contributed by atoms with Crippen LogP contribution < -0.4 is 16.0 Å². The van der Waals surface area contributed by atoms with Crippen molar-refractivity contribution >= 4 is 17.6 Å². The third-order valence-electron chi connectivity index (χ3n) is 3.28. The maximum atomic E-state index is 12.3. The van der Waals surface area contributed by atoms with Crippen molar-refractivity contribution in [1.82, 2.24) is 10.6 Å². The van der Waals surface area contributed by atoms with Gasteiger partial charge in [-0.25, -0.2) is 4.79 Å². The van der Waals surface area contributed by atoms with Gasteiger partial charge < -0.3 is 20.4 Å². The molecule has 6 heteroatoms. The first-order valence-corrected chi connectivity index (χ1v) is 7.49. The Hall–Kier alpha value is -2.76. The number of carbonyl (C=O) groups excluding carboxylic acids is 2. The van der Waals surface area contributed by atoms with E-state index >= 15 is 0 Å². The van der Waals surface area contributed by atoms with Crippen molar-refractivity contribution in [3.8, 4) is 0 Å². The average molecular weight is 315 g/mol. The molecule has 1 aromatic carbocycles. The van der Waals surface area contributed by atoms with Crippen LogP contribution in [-0.4, -0.2) is 18.0 Å². The van der Waals surface area contributed by atoms with Gasteiger partial charge in [0.2, 0.25) is 5.91 Å². The lowest BCUT2D eigenvalue weighted by Crippen LogP contribution is -2.50. The Bertz CT molecular complexity index is 624. The van der Waals surface area contributed by atoms with E-state index in [0.29, 0.717) is 11.4 Å². The highest BCUT2D eigenvalue weighted by atomic mass is 16.3. The molecule has 23 heavy (non-hydrogen) atoms. The summed E-state index contributed by atoms with van der Waals surface area (Å²) in [5.74, 6) is 0.363. The van der Waals surface area contributed by atoms with Gasteiger partial charge in [0.15, 0.2) is 0 Å². The van der Waals surface area contributed by atoms with Crippen LogP contribution in [0.5, 0.6) is 0 Å². The lowest BCUT2D eigenvalue weighted by molar-refractivity contribution is -0.124. The third kappa shape index (κ3) is 5.18. The molecule has 6 nitrogen and oxygen atoms in total. The lowest BCUT2D eigenvalue weighted by atomic mass is 10.0. The Morgan fingerprint density at radius 3 is 2.43 bits per heavy atom. The van der Waals surface area contributed by atoms with Crippen LogP contribution in [0.2, 0.25) is 0 Å². The highest BCUT2D eigenvalue weighted by Crippen LogP contribution is 2.07. The molecular weight excluding hydrogens is 294 g/mol. The molecule has 0 radical (unpaired) electrons. The van der Waals surface area contributed by atoms with E-state index in [0.717, 1.165) is 0 Å². The van der Waals surface area contributed by atoms with Gasteiger partial charge in [-0.2, -0.15) is 0 Å². The largest absolute Gasteiger partial charge is 0.467 e. The van der Waals surface area contributed by atoms with Gasteiger partial charge in [0, 0.05) is 5.69 Å². The molecule has 3 amide bonds. The number of para-hydroxylation sites is 1. The standard InChI is InChI=1S/C17H21N3O3/c1-12(2)15(16(21)18-11-14-9-6-10-23-14)20-17(22)19-13-7-4-3-5-8-13/h3-10,12,15H,11H2,1-2H3,(H,18,21)(H2,19,20,22)/t15-/m0/s1. The number of nitrogens with one attached hydrogen (secondary N) is 3. The minimum atomic E-state index is -0.631. The molecule has 1 aromatic heterocycles. The van der Waals surface area contributed by atoms with Gasteiger partial charge in [-0.1, -0.05) is 32.0 Å². The number of urea groups is 1. The van der Waals surface area contributed by atoms with Crippen LogP contribution in [0.4, 0.5) is 10.5 Å². The molecule has 0 spiro atoms. The summed E-state index contributed by atoms with van der Waals surface area (Å²) in [4.78, 5) is 24.3. The molecule has 0 aliphatic carbocycles. The fourth-order valence-electron chi connectivity index (χ4n) is 2.06. The number of rotatable bonds is 6. The van der Waals surface area contributed by atoms with Crippen LogP contribution in [0, 0.1) is 5.92 Å². The number of furan rings is 1. The molecule has 0 bridgehead atoms. The Morgan fingerprint density at radius 2 is 1.83 bits per heavy atom. The summed E-state index contributed by atoms with van der Waals surface area (Å²) in [5, 5.41) is 8.17. The van der Waals surface area contributed by atoms with Gasteiger partial charge in [-0.3, -0.25) is 4.79 Å². The Morgan fingerprint density at radius 1 is 1.09 bits per heavy atom. The SMILES string of the molecule is CC(C)[C@H](NC(=O)Nc1ccccc1)C(=O)NCc1ccco1. The smallest absolute Gasteiger partial charge is 0.319 e. The predicted octanol–water partition coefficient (Wildman–Crippen LogP) is 2.74. The van der Waals surface area contributed by atoms with E-state index in [2.05, 4.69) is 16.0 Å². The molecule has 2 aromatic rings. The molecule has 3 N–H and O–H groups in total. The first-order chi connectivity index (χ1) is 11.1. The maximum absolute atomic E-state index is 12.3. The Labute approximate surface area is 135 Å². The van der Waals surface area contributed by atoms with E-state index < -0.39 is 12.1 Å². The summed E-state index contributed by atoms with van der Waals surface area (Å²) >= 11 is 0. The Balaban J connectivity index is 1.89. The van der Waals surface area contributed by atoms with Crippen molar-refractivity contribution in [3.05, 3.63) is 54.5 Å². The fraction of sp³-hybridized carbons (Fsp3) is 0.294. The zero-order chi connectivity index (χ0) is 16.7.